The Kier molecular flexibility index (Phi) is 6.74. The molecule has 0 aliphatic heterocycles. The zero-order valence-corrected chi connectivity index (χ0v) is 17.7. The smallest absolute Gasteiger partial charge is 0.264 e. The predicted molar refractivity (Wildman–Crippen MR) is 117 cm³/mol. The lowest BCUT2D eigenvalue weighted by molar-refractivity contribution is 0.0773. The third-order valence-electron chi connectivity index (χ3n) is 4.64. The third-order valence-corrected chi connectivity index (χ3v) is 6.43. The summed E-state index contributed by atoms with van der Waals surface area (Å²) in [5.74, 6) is 0.460. The van der Waals surface area contributed by atoms with Crippen LogP contribution < -0.4 is 9.04 Å². The molecule has 0 aliphatic rings. The largest absolute Gasteiger partial charge is 0.492 e. The van der Waals surface area contributed by atoms with Crippen molar-refractivity contribution in [1.82, 2.24) is 4.90 Å². The number of hydrogen-bond acceptors (Lipinski definition) is 4. The van der Waals surface area contributed by atoms with Crippen molar-refractivity contribution in [2.24, 2.45) is 0 Å². The number of hydrogen-bond donors (Lipinski definition) is 0. The number of sulfonamides is 1. The van der Waals surface area contributed by atoms with Gasteiger partial charge < -0.3 is 9.64 Å². The summed E-state index contributed by atoms with van der Waals surface area (Å²) in [6.45, 7) is 0.704. The minimum atomic E-state index is -3.79. The zero-order valence-electron chi connectivity index (χ0n) is 16.9. The van der Waals surface area contributed by atoms with Gasteiger partial charge in [-0.3, -0.25) is 9.10 Å². The van der Waals surface area contributed by atoms with Crippen LogP contribution in [-0.4, -0.2) is 46.5 Å². The second kappa shape index (κ2) is 9.45. The monoisotopic (exact) mass is 424 g/mol. The summed E-state index contributed by atoms with van der Waals surface area (Å²) in [6.07, 6.45) is 0. The van der Waals surface area contributed by atoms with Crippen molar-refractivity contribution in [2.75, 3.05) is 31.6 Å². The summed E-state index contributed by atoms with van der Waals surface area (Å²) >= 11 is 0. The van der Waals surface area contributed by atoms with Gasteiger partial charge in [0.05, 0.1) is 17.1 Å². The van der Waals surface area contributed by atoms with Gasteiger partial charge in [-0.1, -0.05) is 42.5 Å². The van der Waals surface area contributed by atoms with E-state index in [-0.39, 0.29) is 10.8 Å². The molecule has 0 radical (unpaired) electrons. The topological polar surface area (TPSA) is 66.9 Å². The quantitative estimate of drug-likeness (QED) is 0.553. The zero-order chi connectivity index (χ0) is 21.6. The van der Waals surface area contributed by atoms with Crippen LogP contribution in [0.1, 0.15) is 10.4 Å². The van der Waals surface area contributed by atoms with Crippen LogP contribution in [-0.2, 0) is 10.0 Å². The van der Waals surface area contributed by atoms with Crippen molar-refractivity contribution >= 4 is 21.6 Å². The molecule has 0 saturated carbocycles. The number of para-hydroxylation sites is 2. The lowest BCUT2D eigenvalue weighted by atomic mass is 10.2. The molecule has 7 heteroatoms. The van der Waals surface area contributed by atoms with Gasteiger partial charge in [-0.2, -0.15) is 0 Å². The number of carbonyl (C=O) groups is 1. The summed E-state index contributed by atoms with van der Waals surface area (Å²) in [5, 5.41) is 0. The van der Waals surface area contributed by atoms with Gasteiger partial charge in [-0.15, -0.1) is 0 Å². The Bertz CT molecular complexity index is 1090. The Morgan fingerprint density at radius 3 is 2.17 bits per heavy atom. The first-order valence-corrected chi connectivity index (χ1v) is 10.9. The van der Waals surface area contributed by atoms with E-state index in [0.29, 0.717) is 24.4 Å². The van der Waals surface area contributed by atoms with Crippen LogP contribution in [0.2, 0.25) is 0 Å². The molecule has 0 fully saturated rings. The molecule has 0 bridgehead atoms. The highest BCUT2D eigenvalue weighted by Crippen LogP contribution is 2.22. The number of benzene rings is 3. The van der Waals surface area contributed by atoms with Crippen molar-refractivity contribution < 1.29 is 17.9 Å². The Hall–Kier alpha value is -3.32. The predicted octanol–water partition coefficient (Wildman–Crippen LogP) is 3.66. The van der Waals surface area contributed by atoms with Crippen molar-refractivity contribution in [3.05, 3.63) is 90.5 Å². The highest BCUT2D eigenvalue weighted by molar-refractivity contribution is 7.92. The summed E-state index contributed by atoms with van der Waals surface area (Å²) in [5.41, 5.74) is 0.851. The van der Waals surface area contributed by atoms with Crippen molar-refractivity contribution in [3.8, 4) is 5.75 Å². The van der Waals surface area contributed by atoms with Gasteiger partial charge in [0.2, 0.25) is 0 Å². The lowest BCUT2D eigenvalue weighted by Crippen LogP contribution is -2.31. The summed E-state index contributed by atoms with van der Waals surface area (Å²) in [7, 11) is -0.636. The van der Waals surface area contributed by atoms with Crippen LogP contribution in [0.15, 0.2) is 89.8 Å². The Labute approximate surface area is 177 Å². The fourth-order valence-electron chi connectivity index (χ4n) is 2.86. The van der Waals surface area contributed by atoms with Gasteiger partial charge in [0, 0.05) is 19.7 Å². The molecule has 0 heterocycles. The minimum absolute atomic E-state index is 0.0636. The third kappa shape index (κ3) is 4.99. The van der Waals surface area contributed by atoms with E-state index in [1.807, 2.05) is 36.4 Å². The van der Waals surface area contributed by atoms with Gasteiger partial charge in [0.1, 0.15) is 12.4 Å². The van der Waals surface area contributed by atoms with Crippen molar-refractivity contribution in [1.29, 1.82) is 0 Å². The Balaban J connectivity index is 1.70. The van der Waals surface area contributed by atoms with Crippen LogP contribution in [0.5, 0.6) is 5.75 Å². The van der Waals surface area contributed by atoms with Gasteiger partial charge >= 0.3 is 0 Å². The average molecular weight is 425 g/mol. The molecule has 1 amide bonds. The first-order valence-electron chi connectivity index (χ1n) is 9.47. The molecule has 0 unspecified atom stereocenters. The van der Waals surface area contributed by atoms with E-state index < -0.39 is 10.0 Å². The molecule has 0 saturated heterocycles. The second-order valence-electron chi connectivity index (χ2n) is 6.72. The molecule has 3 rings (SSSR count). The Morgan fingerprint density at radius 1 is 0.867 bits per heavy atom. The Morgan fingerprint density at radius 2 is 1.50 bits per heavy atom. The van der Waals surface area contributed by atoms with Gasteiger partial charge in [-0.25, -0.2) is 8.42 Å². The molecule has 0 aliphatic carbocycles. The van der Waals surface area contributed by atoms with Gasteiger partial charge in [0.15, 0.2) is 0 Å². The van der Waals surface area contributed by atoms with Crippen molar-refractivity contribution in [3.63, 3.8) is 0 Å². The molecule has 0 atom stereocenters. The highest BCUT2D eigenvalue weighted by atomic mass is 32.2. The maximum absolute atomic E-state index is 13.0. The van der Waals surface area contributed by atoms with Crippen LogP contribution in [0, 0.1) is 0 Å². The first-order chi connectivity index (χ1) is 14.4. The van der Waals surface area contributed by atoms with E-state index in [2.05, 4.69) is 0 Å². The molecule has 156 valence electrons. The van der Waals surface area contributed by atoms with Crippen molar-refractivity contribution in [2.45, 2.75) is 4.90 Å². The normalized spacial score (nSPS) is 11.0. The fourth-order valence-corrected chi connectivity index (χ4v) is 4.11. The molecule has 30 heavy (non-hydrogen) atoms. The van der Waals surface area contributed by atoms with E-state index in [9.17, 15) is 13.2 Å². The maximum Gasteiger partial charge on any atom is 0.264 e. The summed E-state index contributed by atoms with van der Waals surface area (Å²) < 4.78 is 32.8. The number of amides is 1. The number of nitrogens with zero attached hydrogens (tertiary/aromatic N) is 2. The van der Waals surface area contributed by atoms with E-state index >= 15 is 0 Å². The maximum atomic E-state index is 13.0. The second-order valence-corrected chi connectivity index (χ2v) is 8.69. The molecule has 0 N–H and O–H groups in total. The molecule has 6 nitrogen and oxygen atoms in total. The summed E-state index contributed by atoms with van der Waals surface area (Å²) in [6, 6.07) is 24.2. The number of carbonyl (C=O) groups excluding carboxylic acids is 1. The first kappa shape index (κ1) is 21.4. The molecule has 3 aromatic rings. The van der Waals surface area contributed by atoms with Crippen LogP contribution >= 0.6 is 0 Å². The van der Waals surface area contributed by atoms with E-state index in [4.69, 9.17) is 4.74 Å². The lowest BCUT2D eigenvalue weighted by Gasteiger charge is -2.21. The van der Waals surface area contributed by atoms with Gasteiger partial charge in [-0.05, 0) is 42.5 Å². The van der Waals surface area contributed by atoms with E-state index in [1.54, 1.807) is 43.4 Å². The van der Waals surface area contributed by atoms with E-state index in [1.165, 1.54) is 28.4 Å². The molecular weight excluding hydrogens is 400 g/mol. The number of ether oxygens (including phenoxy) is 1. The van der Waals surface area contributed by atoms with Crippen LogP contribution in [0.3, 0.4) is 0 Å². The fraction of sp³-hybridized carbons (Fsp3) is 0.174. The highest BCUT2D eigenvalue weighted by Gasteiger charge is 2.23. The molecule has 0 spiro atoms. The standard InChI is InChI=1S/C23H24N2O4S/c1-24(16-17-29-21-13-7-4-8-14-21)23(26)19-10-9-15-22(18-19)30(27,28)25(2)20-11-5-3-6-12-20/h3-15,18H,16-17H2,1-2H3. The van der Waals surface area contributed by atoms with Gasteiger partial charge in [0.25, 0.3) is 15.9 Å². The van der Waals surface area contributed by atoms with Crippen LogP contribution in [0.4, 0.5) is 5.69 Å². The molecule has 3 aromatic carbocycles. The minimum Gasteiger partial charge on any atom is -0.492 e. The summed E-state index contributed by atoms with van der Waals surface area (Å²) in [4.78, 5) is 14.3. The number of anilines is 1. The SMILES string of the molecule is CN(CCOc1ccccc1)C(=O)c1cccc(S(=O)(=O)N(C)c2ccccc2)c1. The molecule has 0 aromatic heterocycles. The number of rotatable bonds is 8. The van der Waals surface area contributed by atoms with E-state index in [0.717, 1.165) is 5.75 Å². The van der Waals surface area contributed by atoms with Crippen LogP contribution in [0.25, 0.3) is 0 Å². The molecular formula is C23H24N2O4S. The average Bonchev–Trinajstić information content (AvgIpc) is 2.79. The number of likely N-dealkylation sites (N-methyl/N-ethyl adjacent to an activating group) is 1.